The van der Waals surface area contributed by atoms with Gasteiger partial charge in [-0.15, -0.1) is 0 Å². The van der Waals surface area contributed by atoms with Gasteiger partial charge in [-0.05, 0) is 18.3 Å². The maximum atomic E-state index is 4.72. The van der Waals surface area contributed by atoms with Gasteiger partial charge in [-0.3, -0.25) is 0 Å². The molecular formula is C4H3OS. The van der Waals surface area contributed by atoms with Crippen LogP contribution < -0.4 is 0 Å². The molecule has 0 saturated heterocycles. The monoisotopic (exact) mass is 99.0 g/mol. The second kappa shape index (κ2) is 1.39. The molecule has 0 saturated carbocycles. The molecule has 2 heteroatoms. The Labute approximate surface area is 41.6 Å². The highest BCUT2D eigenvalue weighted by atomic mass is 32.1. The molecule has 1 rings (SSSR count). The molecule has 0 unspecified atom stereocenters. The molecule has 0 N–H and O–H groups in total. The van der Waals surface area contributed by atoms with Gasteiger partial charge in [0.2, 0.25) is 0 Å². The van der Waals surface area contributed by atoms with Crippen molar-refractivity contribution in [1.82, 2.24) is 0 Å². The Kier molecular flexibility index (Phi) is 0.881. The first kappa shape index (κ1) is 3.81. The van der Waals surface area contributed by atoms with Crippen molar-refractivity contribution in [2.24, 2.45) is 0 Å². The molecular weight excluding hydrogens is 96.1 g/mol. The third-order valence-electron chi connectivity index (χ3n) is 0.518. The molecule has 1 radical (unpaired) electrons. The average molecular weight is 99.1 g/mol. The highest BCUT2D eigenvalue weighted by Crippen LogP contribution is 1.91. The molecule has 1 aliphatic heterocycles. The van der Waals surface area contributed by atoms with Crippen LogP contribution in [0.2, 0.25) is 0 Å². The second-order valence-corrected chi connectivity index (χ2v) is 1.32. The summed E-state index contributed by atoms with van der Waals surface area (Å²) < 4.78 is 4.72. The van der Waals surface area contributed by atoms with Crippen LogP contribution in [-0.2, 0) is 4.74 Å². The van der Waals surface area contributed by atoms with Crippen LogP contribution in [0.5, 0.6) is 0 Å². The first-order chi connectivity index (χ1) is 2.89. The Morgan fingerprint density at radius 3 is 3.00 bits per heavy atom. The van der Waals surface area contributed by atoms with Crippen LogP contribution in [0.25, 0.3) is 0 Å². The van der Waals surface area contributed by atoms with Gasteiger partial charge in [0.05, 0.1) is 0 Å². The zero-order chi connectivity index (χ0) is 4.41. The zero-order valence-corrected chi connectivity index (χ0v) is 3.92. The fourth-order valence-corrected chi connectivity index (χ4v) is 0.435. The van der Waals surface area contributed by atoms with Crippen molar-refractivity contribution in [3.05, 3.63) is 12.2 Å². The van der Waals surface area contributed by atoms with Gasteiger partial charge in [0.1, 0.15) is 6.61 Å². The van der Waals surface area contributed by atoms with E-state index in [0.29, 0.717) is 11.7 Å². The molecule has 1 aliphatic rings. The maximum absolute atomic E-state index is 4.72. The number of thiocarbonyl (C=S) groups is 1. The van der Waals surface area contributed by atoms with Crippen LogP contribution in [0.15, 0.2) is 6.08 Å². The molecule has 0 fully saturated rings. The largest absolute Gasteiger partial charge is 0.479 e. The van der Waals surface area contributed by atoms with Gasteiger partial charge in [-0.1, -0.05) is 0 Å². The van der Waals surface area contributed by atoms with Crippen molar-refractivity contribution in [2.45, 2.75) is 0 Å². The second-order valence-electron chi connectivity index (χ2n) is 0.947. The van der Waals surface area contributed by atoms with Crippen molar-refractivity contribution in [1.29, 1.82) is 0 Å². The lowest BCUT2D eigenvalue weighted by Crippen LogP contribution is -1.86. The minimum Gasteiger partial charge on any atom is -0.479 e. The standard InChI is InChI=1S/C4H3OS/c6-4-2-1-3-5-4/h1H,3H2. The molecule has 1 heterocycles. The molecule has 6 heavy (non-hydrogen) atoms. The minimum absolute atomic E-state index is 0.481. The average Bonchev–Trinajstić information content (AvgIpc) is 1.86. The van der Waals surface area contributed by atoms with Crippen molar-refractivity contribution >= 4 is 17.3 Å². The Balaban J connectivity index is 2.59. The lowest BCUT2D eigenvalue weighted by Gasteiger charge is -1.85. The molecule has 0 amide bonds. The zero-order valence-electron chi connectivity index (χ0n) is 3.10. The quantitative estimate of drug-likeness (QED) is 0.413. The predicted molar refractivity (Wildman–Crippen MR) is 26.4 cm³/mol. The Bertz CT molecular complexity index is 95.7. The first-order valence-electron chi connectivity index (χ1n) is 1.64. The fourth-order valence-electron chi connectivity index (χ4n) is 0.284. The first-order valence-corrected chi connectivity index (χ1v) is 2.05. The van der Waals surface area contributed by atoms with E-state index in [9.17, 15) is 0 Å². The third-order valence-corrected chi connectivity index (χ3v) is 0.753. The summed E-state index contributed by atoms with van der Waals surface area (Å²) in [6.07, 6.45) is 4.47. The molecule has 31 valence electrons. The maximum Gasteiger partial charge on any atom is 0.192 e. The van der Waals surface area contributed by atoms with Crippen molar-refractivity contribution in [3.63, 3.8) is 0 Å². The predicted octanol–water partition coefficient (Wildman–Crippen LogP) is 0.703. The van der Waals surface area contributed by atoms with Crippen LogP contribution >= 0.6 is 12.2 Å². The normalized spacial score (nSPS) is 18.3. The summed E-state index contributed by atoms with van der Waals surface area (Å²) in [4.78, 5) is 0. The molecule has 1 nitrogen and oxygen atoms in total. The number of ether oxygens (including phenoxy) is 1. The van der Waals surface area contributed by atoms with Crippen LogP contribution in [-0.4, -0.2) is 11.7 Å². The van der Waals surface area contributed by atoms with Gasteiger partial charge in [-0.25, -0.2) is 0 Å². The Hall–Kier alpha value is -0.370. The van der Waals surface area contributed by atoms with E-state index < -0.39 is 0 Å². The van der Waals surface area contributed by atoms with E-state index in [1.54, 1.807) is 6.08 Å². The van der Waals surface area contributed by atoms with Gasteiger partial charge in [0.15, 0.2) is 5.05 Å². The highest BCUT2D eigenvalue weighted by Gasteiger charge is 1.94. The lowest BCUT2D eigenvalue weighted by atomic mass is 10.6. The molecule has 0 bridgehead atoms. The number of hydrogen-bond acceptors (Lipinski definition) is 2. The summed E-state index contributed by atoms with van der Waals surface area (Å²) >= 11 is 4.55. The van der Waals surface area contributed by atoms with Gasteiger partial charge >= 0.3 is 0 Å². The fraction of sp³-hybridized carbons (Fsp3) is 0.250. The summed E-state index contributed by atoms with van der Waals surface area (Å²) in [6.45, 7) is 0.610. The van der Waals surface area contributed by atoms with Crippen molar-refractivity contribution < 1.29 is 4.74 Å². The van der Waals surface area contributed by atoms with Crippen LogP contribution in [0.1, 0.15) is 0 Å². The van der Waals surface area contributed by atoms with Gasteiger partial charge in [0.25, 0.3) is 0 Å². The summed E-state index contributed by atoms with van der Waals surface area (Å²) in [5, 5.41) is 0.481. The van der Waals surface area contributed by atoms with E-state index in [0.717, 1.165) is 0 Å². The highest BCUT2D eigenvalue weighted by molar-refractivity contribution is 7.80. The van der Waals surface area contributed by atoms with E-state index in [4.69, 9.17) is 4.74 Å². The smallest absolute Gasteiger partial charge is 0.192 e. The minimum atomic E-state index is 0.481. The van der Waals surface area contributed by atoms with Crippen LogP contribution in [0.3, 0.4) is 0 Å². The Morgan fingerprint density at radius 2 is 2.83 bits per heavy atom. The summed E-state index contributed by atoms with van der Waals surface area (Å²) in [7, 11) is 0. The SMILES string of the molecule is S=C1[C]=CCO1. The number of hydrogen-bond donors (Lipinski definition) is 0. The molecule has 0 aromatic heterocycles. The van der Waals surface area contributed by atoms with Gasteiger partial charge < -0.3 is 4.74 Å². The van der Waals surface area contributed by atoms with Crippen LogP contribution in [0.4, 0.5) is 0 Å². The molecule has 0 atom stereocenters. The van der Waals surface area contributed by atoms with E-state index in [-0.39, 0.29) is 0 Å². The van der Waals surface area contributed by atoms with Crippen LogP contribution in [0, 0.1) is 6.08 Å². The van der Waals surface area contributed by atoms with E-state index in [1.807, 2.05) is 0 Å². The van der Waals surface area contributed by atoms with E-state index in [2.05, 4.69) is 18.3 Å². The summed E-state index contributed by atoms with van der Waals surface area (Å²) in [5.41, 5.74) is 0. The van der Waals surface area contributed by atoms with Gasteiger partial charge in [0, 0.05) is 6.08 Å². The number of rotatable bonds is 0. The van der Waals surface area contributed by atoms with Crippen molar-refractivity contribution in [3.8, 4) is 0 Å². The molecule has 0 aliphatic carbocycles. The third kappa shape index (κ3) is 0.571. The van der Waals surface area contributed by atoms with Gasteiger partial charge in [-0.2, -0.15) is 0 Å². The van der Waals surface area contributed by atoms with E-state index in [1.165, 1.54) is 0 Å². The topological polar surface area (TPSA) is 9.23 Å². The molecule has 0 aromatic rings. The molecule has 0 spiro atoms. The van der Waals surface area contributed by atoms with E-state index >= 15 is 0 Å². The Morgan fingerprint density at radius 1 is 2.00 bits per heavy atom. The molecule has 0 aromatic carbocycles. The summed E-state index contributed by atoms with van der Waals surface area (Å²) in [5.74, 6) is 0. The lowest BCUT2D eigenvalue weighted by molar-refractivity contribution is 0.376. The van der Waals surface area contributed by atoms with Crippen molar-refractivity contribution in [2.75, 3.05) is 6.61 Å². The summed E-state index contributed by atoms with van der Waals surface area (Å²) in [6, 6.07) is 0.